The molecule has 16 heavy (non-hydrogen) atoms. The molecule has 0 aliphatic carbocycles. The van der Waals surface area contributed by atoms with Crippen molar-refractivity contribution in [2.75, 3.05) is 31.9 Å². The van der Waals surface area contributed by atoms with Crippen LogP contribution in [0.2, 0.25) is 0 Å². The molecule has 1 saturated heterocycles. The first-order valence-corrected chi connectivity index (χ1v) is 7.30. The molecule has 1 atom stereocenters. The van der Waals surface area contributed by atoms with Gasteiger partial charge in [0.15, 0.2) is 5.17 Å². The second-order valence-corrected chi connectivity index (χ2v) is 5.51. The number of hydrogen-bond acceptors (Lipinski definition) is 3. The molecule has 0 aromatic carbocycles. The van der Waals surface area contributed by atoms with Crippen LogP contribution in [0.4, 0.5) is 0 Å². The summed E-state index contributed by atoms with van der Waals surface area (Å²) >= 11 is 1.86. The average Bonchev–Trinajstić information content (AvgIpc) is 2.68. The Balaban J connectivity index is 2.31. The van der Waals surface area contributed by atoms with Gasteiger partial charge in [0.1, 0.15) is 0 Å². The molecule has 1 fully saturated rings. The number of nitrogens with zero attached hydrogens (tertiary/aromatic N) is 2. The normalized spacial score (nSPS) is 27.7. The molecule has 0 bridgehead atoms. The van der Waals surface area contributed by atoms with Gasteiger partial charge >= 0.3 is 0 Å². The average molecular weight is 243 g/mol. The van der Waals surface area contributed by atoms with E-state index in [1.165, 1.54) is 0 Å². The van der Waals surface area contributed by atoms with E-state index < -0.39 is 0 Å². The van der Waals surface area contributed by atoms with Gasteiger partial charge in [0.25, 0.3) is 0 Å². The van der Waals surface area contributed by atoms with Crippen LogP contribution in [-0.2, 0) is 0 Å². The second kappa shape index (κ2) is 6.50. The van der Waals surface area contributed by atoms with Crippen LogP contribution in [0, 0.1) is 0 Å². The minimum atomic E-state index is 0.263. The molecule has 0 amide bonds. The molecule has 3 nitrogen and oxygen atoms in total. The molecule has 0 aromatic heterocycles. The van der Waals surface area contributed by atoms with Crippen molar-refractivity contribution >= 4 is 16.9 Å². The van der Waals surface area contributed by atoms with Gasteiger partial charge in [-0.25, -0.2) is 0 Å². The molecule has 94 valence electrons. The maximum absolute atomic E-state index is 4.63. The highest BCUT2D eigenvalue weighted by atomic mass is 32.2. The third-order valence-corrected chi connectivity index (χ3v) is 4.57. The SMILES string of the molecule is CCN(CC)CCN=C1NC(C)(CC)CS1. The van der Waals surface area contributed by atoms with Crippen LogP contribution < -0.4 is 5.32 Å². The first-order chi connectivity index (χ1) is 7.63. The Morgan fingerprint density at radius 2 is 2.06 bits per heavy atom. The molecule has 0 saturated carbocycles. The summed E-state index contributed by atoms with van der Waals surface area (Å²) in [6.07, 6.45) is 1.16. The van der Waals surface area contributed by atoms with Gasteiger partial charge in [-0.05, 0) is 26.4 Å². The van der Waals surface area contributed by atoms with Gasteiger partial charge < -0.3 is 10.2 Å². The van der Waals surface area contributed by atoms with Gasteiger partial charge in [0.2, 0.25) is 0 Å². The summed E-state index contributed by atoms with van der Waals surface area (Å²) in [5.74, 6) is 1.15. The highest BCUT2D eigenvalue weighted by Crippen LogP contribution is 2.25. The molecular formula is C12H25N3S. The molecule has 0 aromatic rings. The summed E-state index contributed by atoms with van der Waals surface area (Å²) in [6, 6.07) is 0. The van der Waals surface area contributed by atoms with Crippen molar-refractivity contribution in [3.8, 4) is 0 Å². The van der Waals surface area contributed by atoms with E-state index in [-0.39, 0.29) is 5.54 Å². The number of nitrogens with one attached hydrogen (secondary N) is 1. The van der Waals surface area contributed by atoms with E-state index in [4.69, 9.17) is 0 Å². The predicted octanol–water partition coefficient (Wildman–Crippen LogP) is 2.19. The maximum Gasteiger partial charge on any atom is 0.157 e. The van der Waals surface area contributed by atoms with Crippen LogP contribution in [-0.4, -0.2) is 47.5 Å². The zero-order chi connectivity index (χ0) is 12.0. The number of amidine groups is 1. The van der Waals surface area contributed by atoms with Crippen LogP contribution in [0.3, 0.4) is 0 Å². The topological polar surface area (TPSA) is 27.6 Å². The molecule has 4 heteroatoms. The third kappa shape index (κ3) is 3.98. The lowest BCUT2D eigenvalue weighted by atomic mass is 10.0. The number of likely N-dealkylation sites (N-methyl/N-ethyl adjacent to an activating group) is 1. The summed E-state index contributed by atoms with van der Waals surface area (Å²) in [6.45, 7) is 13.1. The fraction of sp³-hybridized carbons (Fsp3) is 0.917. The van der Waals surface area contributed by atoms with Crippen molar-refractivity contribution in [3.05, 3.63) is 0 Å². The summed E-state index contributed by atoms with van der Waals surface area (Å²) < 4.78 is 0. The highest BCUT2D eigenvalue weighted by Gasteiger charge is 2.30. The molecular weight excluding hydrogens is 218 g/mol. The van der Waals surface area contributed by atoms with Gasteiger partial charge in [-0.2, -0.15) is 0 Å². The van der Waals surface area contributed by atoms with Crippen molar-refractivity contribution in [1.82, 2.24) is 10.2 Å². The summed E-state index contributed by atoms with van der Waals surface area (Å²) in [7, 11) is 0. The van der Waals surface area contributed by atoms with E-state index in [0.717, 1.165) is 43.5 Å². The Labute approximate surface area is 104 Å². The van der Waals surface area contributed by atoms with Gasteiger partial charge in [-0.1, -0.05) is 32.5 Å². The lowest BCUT2D eigenvalue weighted by molar-refractivity contribution is 0.313. The molecule has 0 spiro atoms. The lowest BCUT2D eigenvalue weighted by Crippen LogP contribution is -2.39. The van der Waals surface area contributed by atoms with Crippen molar-refractivity contribution in [2.24, 2.45) is 4.99 Å². The van der Waals surface area contributed by atoms with Crippen LogP contribution in [0.5, 0.6) is 0 Å². The van der Waals surface area contributed by atoms with E-state index in [1.807, 2.05) is 11.8 Å². The number of thioether (sulfide) groups is 1. The molecule has 1 heterocycles. The van der Waals surface area contributed by atoms with Gasteiger partial charge in [-0.3, -0.25) is 4.99 Å². The number of aliphatic imine (C=N–C) groups is 1. The van der Waals surface area contributed by atoms with Crippen molar-refractivity contribution in [2.45, 2.75) is 39.7 Å². The van der Waals surface area contributed by atoms with Gasteiger partial charge in [0.05, 0.1) is 6.54 Å². The van der Waals surface area contributed by atoms with Crippen LogP contribution in [0.15, 0.2) is 4.99 Å². The fourth-order valence-corrected chi connectivity index (χ4v) is 2.90. The molecule has 1 aliphatic heterocycles. The van der Waals surface area contributed by atoms with Crippen LogP contribution >= 0.6 is 11.8 Å². The summed E-state index contributed by atoms with van der Waals surface area (Å²) in [5.41, 5.74) is 0.263. The maximum atomic E-state index is 4.63. The van der Waals surface area contributed by atoms with E-state index in [0.29, 0.717) is 0 Å². The minimum Gasteiger partial charge on any atom is -0.359 e. The second-order valence-electron chi connectivity index (χ2n) is 4.54. The van der Waals surface area contributed by atoms with E-state index >= 15 is 0 Å². The van der Waals surface area contributed by atoms with E-state index in [9.17, 15) is 0 Å². The fourth-order valence-electron chi connectivity index (χ4n) is 1.67. The molecule has 1 N–H and O–H groups in total. The Bertz CT molecular complexity index is 238. The quantitative estimate of drug-likeness (QED) is 0.775. The highest BCUT2D eigenvalue weighted by molar-refractivity contribution is 8.14. The van der Waals surface area contributed by atoms with Crippen LogP contribution in [0.1, 0.15) is 34.1 Å². The number of hydrogen-bond donors (Lipinski definition) is 1. The largest absolute Gasteiger partial charge is 0.359 e. The van der Waals surface area contributed by atoms with Gasteiger partial charge in [0, 0.05) is 17.8 Å². The molecule has 0 radical (unpaired) electrons. The molecule has 1 rings (SSSR count). The standard InChI is InChI=1S/C12H25N3S/c1-5-12(4)10-16-11(14-12)13-8-9-15(6-2)7-3/h5-10H2,1-4H3,(H,13,14). The predicted molar refractivity (Wildman–Crippen MR) is 74.4 cm³/mol. The first kappa shape index (κ1) is 13.8. The molecule has 1 unspecified atom stereocenters. The van der Waals surface area contributed by atoms with Crippen LogP contribution in [0.25, 0.3) is 0 Å². The van der Waals surface area contributed by atoms with Gasteiger partial charge in [-0.15, -0.1) is 0 Å². The monoisotopic (exact) mass is 243 g/mol. The Morgan fingerprint density at radius 1 is 1.38 bits per heavy atom. The Kier molecular flexibility index (Phi) is 5.62. The smallest absolute Gasteiger partial charge is 0.157 e. The van der Waals surface area contributed by atoms with E-state index in [1.54, 1.807) is 0 Å². The summed E-state index contributed by atoms with van der Waals surface area (Å²) in [4.78, 5) is 7.03. The first-order valence-electron chi connectivity index (χ1n) is 6.31. The number of rotatable bonds is 6. The Hall–Kier alpha value is -0.220. The molecule has 1 aliphatic rings. The van der Waals surface area contributed by atoms with Crippen molar-refractivity contribution < 1.29 is 0 Å². The lowest BCUT2D eigenvalue weighted by Gasteiger charge is -2.21. The Morgan fingerprint density at radius 3 is 2.56 bits per heavy atom. The van der Waals surface area contributed by atoms with E-state index in [2.05, 4.69) is 42.9 Å². The minimum absolute atomic E-state index is 0.263. The van der Waals surface area contributed by atoms with Crippen molar-refractivity contribution in [1.29, 1.82) is 0 Å². The zero-order valence-corrected chi connectivity index (χ0v) is 11.9. The zero-order valence-electron chi connectivity index (χ0n) is 11.0. The third-order valence-electron chi connectivity index (χ3n) is 3.28. The van der Waals surface area contributed by atoms with Crippen molar-refractivity contribution in [3.63, 3.8) is 0 Å². The summed E-state index contributed by atoms with van der Waals surface area (Å²) in [5, 5.41) is 4.66.